The normalized spacial score (nSPS) is 11.5. The Labute approximate surface area is 252 Å². The van der Waals surface area contributed by atoms with Crippen LogP contribution >= 0.6 is 11.3 Å². The molecule has 0 amide bonds. The Morgan fingerprint density at radius 3 is 1.84 bits per heavy atom. The van der Waals surface area contributed by atoms with E-state index in [1.54, 1.807) is 17.4 Å². The maximum atomic E-state index is 10.0. The smallest absolute Gasteiger partial charge is 0.423 e. The number of nitrogens with zero attached hydrogens (tertiary/aromatic N) is 3. The molecule has 204 valence electrons. The van der Waals surface area contributed by atoms with Crippen LogP contribution in [-0.4, -0.2) is 31.7 Å². The van der Waals surface area contributed by atoms with Gasteiger partial charge in [0.1, 0.15) is 0 Å². The molecule has 0 radical (unpaired) electrons. The second-order valence-corrected chi connectivity index (χ2v) is 11.6. The number of hydrogen-bond acceptors (Lipinski definition) is 5. The van der Waals surface area contributed by atoms with Crippen LogP contribution in [-0.2, 0) is 0 Å². The van der Waals surface area contributed by atoms with Crippen LogP contribution in [0.3, 0.4) is 0 Å². The van der Waals surface area contributed by atoms with Gasteiger partial charge in [0.15, 0.2) is 0 Å². The zero-order valence-corrected chi connectivity index (χ0v) is 23.7. The van der Waals surface area contributed by atoms with Gasteiger partial charge in [-0.1, -0.05) is 109 Å². The molecular formula is C36H24BN3O2S. The van der Waals surface area contributed by atoms with Crippen molar-refractivity contribution in [2.75, 3.05) is 0 Å². The fraction of sp³-hybridized carbons (Fsp3) is 0. The molecule has 0 fully saturated rings. The highest BCUT2D eigenvalue weighted by atomic mass is 32.1. The second kappa shape index (κ2) is 10.3. The number of aromatic nitrogens is 3. The second-order valence-electron chi connectivity index (χ2n) is 10.5. The lowest BCUT2D eigenvalue weighted by Crippen LogP contribution is -2.29. The fourth-order valence-corrected chi connectivity index (χ4v) is 6.89. The summed E-state index contributed by atoms with van der Waals surface area (Å²) in [6.07, 6.45) is 0. The van der Waals surface area contributed by atoms with E-state index in [9.17, 15) is 10.0 Å². The van der Waals surface area contributed by atoms with Crippen LogP contribution in [0.4, 0.5) is 0 Å². The van der Waals surface area contributed by atoms with E-state index in [0.29, 0.717) is 11.4 Å². The molecule has 0 atom stereocenters. The third-order valence-electron chi connectivity index (χ3n) is 7.86. The Morgan fingerprint density at radius 1 is 0.558 bits per heavy atom. The first kappa shape index (κ1) is 25.6. The van der Waals surface area contributed by atoms with Crippen molar-refractivity contribution in [3.8, 4) is 38.8 Å². The molecule has 5 aromatic carbocycles. The molecule has 0 saturated heterocycles. The molecule has 0 aliphatic rings. The third-order valence-corrected chi connectivity index (χ3v) is 9.04. The van der Waals surface area contributed by atoms with Gasteiger partial charge in [0, 0.05) is 21.2 Å². The van der Waals surface area contributed by atoms with E-state index in [-0.39, 0.29) is 0 Å². The summed E-state index contributed by atoms with van der Waals surface area (Å²) in [5.74, 6) is 0.563. The van der Waals surface area contributed by atoms with E-state index in [2.05, 4.69) is 65.2 Å². The van der Waals surface area contributed by atoms with E-state index in [0.717, 1.165) is 64.8 Å². The van der Waals surface area contributed by atoms with E-state index in [4.69, 9.17) is 9.97 Å². The summed E-state index contributed by atoms with van der Waals surface area (Å²) >= 11 is 1.70. The minimum Gasteiger partial charge on any atom is -0.423 e. The largest absolute Gasteiger partial charge is 0.488 e. The molecule has 0 unspecified atom stereocenters. The molecule has 3 aromatic heterocycles. The van der Waals surface area contributed by atoms with Crippen molar-refractivity contribution in [2.24, 2.45) is 0 Å². The van der Waals surface area contributed by atoms with Gasteiger partial charge in [0.25, 0.3) is 0 Å². The molecule has 3 heterocycles. The molecule has 0 spiro atoms. The monoisotopic (exact) mass is 573 g/mol. The van der Waals surface area contributed by atoms with Gasteiger partial charge in [0.05, 0.1) is 26.9 Å². The van der Waals surface area contributed by atoms with Gasteiger partial charge >= 0.3 is 7.12 Å². The Kier molecular flexibility index (Phi) is 6.15. The predicted octanol–water partition coefficient (Wildman–Crippen LogP) is 7.47. The summed E-state index contributed by atoms with van der Waals surface area (Å²) in [7, 11) is -1.57. The average Bonchev–Trinajstić information content (AvgIpc) is 3.64. The van der Waals surface area contributed by atoms with Gasteiger partial charge < -0.3 is 10.0 Å². The number of hydrogen-bond donors (Lipinski definition) is 2. The van der Waals surface area contributed by atoms with Crippen LogP contribution in [0, 0.1) is 0 Å². The third kappa shape index (κ3) is 4.42. The van der Waals surface area contributed by atoms with Crippen LogP contribution < -0.4 is 5.46 Å². The standard InChI is InChI=1S/C36H24BN3O2S/c41-37(42)27-17-19-32-29(21-27)28-20-26(23-10-4-1-5-11-23)16-18-31(28)40(32)36-38-30-22-33(24-12-6-2-7-13-24)43-35(30)34(39-36)25-14-8-3-9-15-25/h1-22,41-42H. The summed E-state index contributed by atoms with van der Waals surface area (Å²) in [4.78, 5) is 11.5. The molecule has 0 aliphatic carbocycles. The summed E-state index contributed by atoms with van der Waals surface area (Å²) < 4.78 is 3.12. The Balaban J connectivity index is 1.43. The Hall–Kier alpha value is -5.08. The van der Waals surface area contributed by atoms with Crippen molar-refractivity contribution >= 4 is 55.9 Å². The highest BCUT2D eigenvalue weighted by Crippen LogP contribution is 2.40. The number of benzene rings is 5. The van der Waals surface area contributed by atoms with Gasteiger partial charge in [-0.25, -0.2) is 9.97 Å². The van der Waals surface area contributed by atoms with Crippen molar-refractivity contribution in [3.63, 3.8) is 0 Å². The lowest BCUT2D eigenvalue weighted by atomic mass is 9.80. The molecule has 7 heteroatoms. The molecule has 8 aromatic rings. The topological polar surface area (TPSA) is 71.2 Å². The molecule has 5 nitrogen and oxygen atoms in total. The maximum Gasteiger partial charge on any atom is 0.488 e. The summed E-state index contributed by atoms with van der Waals surface area (Å²) in [5.41, 5.74) is 8.38. The zero-order chi connectivity index (χ0) is 28.9. The number of rotatable bonds is 5. The summed E-state index contributed by atoms with van der Waals surface area (Å²) in [6.45, 7) is 0. The molecular weight excluding hydrogens is 549 g/mol. The van der Waals surface area contributed by atoms with Crippen LogP contribution in [0.25, 0.3) is 70.8 Å². The lowest BCUT2D eigenvalue weighted by molar-refractivity contribution is 0.426. The van der Waals surface area contributed by atoms with Crippen LogP contribution in [0.5, 0.6) is 0 Å². The van der Waals surface area contributed by atoms with Gasteiger partial charge in [0.2, 0.25) is 5.95 Å². The predicted molar refractivity (Wildman–Crippen MR) is 178 cm³/mol. The highest BCUT2D eigenvalue weighted by Gasteiger charge is 2.21. The van der Waals surface area contributed by atoms with Crippen molar-refractivity contribution in [1.29, 1.82) is 0 Å². The van der Waals surface area contributed by atoms with Crippen molar-refractivity contribution in [1.82, 2.24) is 14.5 Å². The summed E-state index contributed by atoms with van der Waals surface area (Å²) in [6, 6.07) is 44.9. The summed E-state index contributed by atoms with van der Waals surface area (Å²) in [5, 5.41) is 21.9. The Bertz CT molecular complexity index is 2260. The van der Waals surface area contributed by atoms with Crippen molar-refractivity contribution in [2.45, 2.75) is 0 Å². The van der Waals surface area contributed by atoms with Crippen LogP contribution in [0.2, 0.25) is 0 Å². The number of thiophene rings is 1. The van der Waals surface area contributed by atoms with Crippen LogP contribution in [0.1, 0.15) is 0 Å². The van der Waals surface area contributed by atoms with Crippen LogP contribution in [0.15, 0.2) is 133 Å². The minimum absolute atomic E-state index is 0.434. The minimum atomic E-state index is -1.57. The molecule has 8 rings (SSSR count). The van der Waals surface area contributed by atoms with Gasteiger partial charge in [-0.3, -0.25) is 4.57 Å². The van der Waals surface area contributed by atoms with Gasteiger partial charge in [-0.05, 0) is 46.4 Å². The first-order chi connectivity index (χ1) is 21.1. The van der Waals surface area contributed by atoms with E-state index in [1.807, 2.05) is 66.7 Å². The van der Waals surface area contributed by atoms with E-state index in [1.165, 1.54) is 0 Å². The zero-order valence-electron chi connectivity index (χ0n) is 22.9. The fourth-order valence-electron chi connectivity index (χ4n) is 5.78. The first-order valence-corrected chi connectivity index (χ1v) is 14.9. The van der Waals surface area contributed by atoms with Crippen molar-refractivity contribution < 1.29 is 10.0 Å². The Morgan fingerprint density at radius 2 is 1.16 bits per heavy atom. The highest BCUT2D eigenvalue weighted by molar-refractivity contribution is 7.22. The first-order valence-electron chi connectivity index (χ1n) is 14.1. The molecule has 0 bridgehead atoms. The average molecular weight is 573 g/mol. The molecule has 0 aliphatic heterocycles. The van der Waals surface area contributed by atoms with Gasteiger partial charge in [-0.15, -0.1) is 11.3 Å². The maximum absolute atomic E-state index is 10.0. The molecule has 2 N–H and O–H groups in total. The molecule has 0 saturated carbocycles. The lowest BCUT2D eigenvalue weighted by Gasteiger charge is -2.10. The number of fused-ring (bicyclic) bond motifs is 4. The van der Waals surface area contributed by atoms with Gasteiger partial charge in [-0.2, -0.15) is 0 Å². The SMILES string of the molecule is OB(O)c1ccc2c(c1)c1cc(-c3ccccc3)ccc1n2-c1nc(-c2ccccc2)c2sc(-c3ccccc3)cc2n1. The van der Waals surface area contributed by atoms with Crippen molar-refractivity contribution in [3.05, 3.63) is 133 Å². The van der Waals surface area contributed by atoms with E-state index >= 15 is 0 Å². The quantitative estimate of drug-likeness (QED) is 0.210. The van der Waals surface area contributed by atoms with E-state index < -0.39 is 7.12 Å². The molecule has 43 heavy (non-hydrogen) atoms.